The van der Waals surface area contributed by atoms with Crippen LogP contribution >= 0.6 is 0 Å². The van der Waals surface area contributed by atoms with Gasteiger partial charge in [0.2, 0.25) is 0 Å². The van der Waals surface area contributed by atoms with E-state index in [1.165, 1.54) is 23.0 Å². The van der Waals surface area contributed by atoms with Gasteiger partial charge in [-0.15, -0.1) is 0 Å². The minimum Gasteiger partial charge on any atom is -0.295 e. The molecule has 1 aromatic carbocycles. The number of aromatic amines is 1. The Bertz CT molecular complexity index is 973. The topological polar surface area (TPSA) is 63.6 Å². The third kappa shape index (κ3) is 2.29. The Morgan fingerprint density at radius 2 is 2.12 bits per heavy atom. The fraction of sp³-hybridized carbons (Fsp3) is 0.312. The van der Waals surface area contributed by atoms with Gasteiger partial charge in [-0.3, -0.25) is 14.5 Å². The van der Waals surface area contributed by atoms with Crippen LogP contribution in [0.3, 0.4) is 0 Å². The van der Waals surface area contributed by atoms with Crippen LogP contribution in [0.25, 0.3) is 10.9 Å². The van der Waals surface area contributed by atoms with E-state index in [4.69, 9.17) is 0 Å². The number of hydrogen-bond donors (Lipinski definition) is 1. The maximum Gasteiger partial charge on any atom is 0.417 e. The largest absolute Gasteiger partial charge is 0.417 e. The molecule has 1 atom stereocenters. The van der Waals surface area contributed by atoms with E-state index in [0.717, 1.165) is 23.7 Å². The molecule has 0 saturated carbocycles. The highest BCUT2D eigenvalue weighted by Gasteiger charge is 2.34. The number of nitrogens with zero attached hydrogens (tertiary/aromatic N) is 3. The average molecular weight is 334 g/mol. The van der Waals surface area contributed by atoms with Gasteiger partial charge in [-0.25, -0.2) is 4.98 Å². The molecule has 4 rings (SSSR count). The summed E-state index contributed by atoms with van der Waals surface area (Å²) in [5.74, 6) is 0. The van der Waals surface area contributed by atoms with Gasteiger partial charge >= 0.3 is 6.18 Å². The number of aromatic nitrogens is 4. The number of H-pyrrole nitrogens is 1. The summed E-state index contributed by atoms with van der Waals surface area (Å²) in [6.45, 7) is 0. The molecule has 8 heteroatoms. The van der Waals surface area contributed by atoms with Crippen LogP contribution in [0.1, 0.15) is 29.3 Å². The minimum absolute atomic E-state index is 0.0594. The predicted molar refractivity (Wildman–Crippen MR) is 80.7 cm³/mol. The number of hydrogen-bond acceptors (Lipinski definition) is 3. The molecule has 0 aliphatic heterocycles. The molecule has 2 heterocycles. The molecule has 24 heavy (non-hydrogen) atoms. The van der Waals surface area contributed by atoms with Gasteiger partial charge in [0.1, 0.15) is 0 Å². The van der Waals surface area contributed by atoms with E-state index in [9.17, 15) is 18.0 Å². The number of nitrogens with one attached hydrogen (secondary N) is 1. The van der Waals surface area contributed by atoms with Crippen LogP contribution in [0, 0.1) is 0 Å². The van der Waals surface area contributed by atoms with Gasteiger partial charge in [-0.2, -0.15) is 18.3 Å². The lowest BCUT2D eigenvalue weighted by molar-refractivity contribution is -0.136. The predicted octanol–water partition coefficient (Wildman–Crippen LogP) is 2.87. The van der Waals surface area contributed by atoms with Crippen LogP contribution in [-0.4, -0.2) is 19.7 Å². The number of fused-ring (bicyclic) bond motifs is 2. The Hall–Kier alpha value is -2.64. The second-order valence-electron chi connectivity index (χ2n) is 5.92. The van der Waals surface area contributed by atoms with Crippen LogP contribution < -0.4 is 5.56 Å². The van der Waals surface area contributed by atoms with E-state index in [0.29, 0.717) is 12.8 Å². The average Bonchev–Trinajstić information content (AvgIpc) is 3.01. The molecule has 0 saturated heterocycles. The molecule has 0 spiro atoms. The highest BCUT2D eigenvalue weighted by Crippen LogP contribution is 2.33. The summed E-state index contributed by atoms with van der Waals surface area (Å²) in [5, 5.41) is 6.49. The van der Waals surface area contributed by atoms with Crippen LogP contribution in [-0.2, 0) is 19.0 Å². The second-order valence-corrected chi connectivity index (χ2v) is 5.92. The molecule has 1 N–H and O–H groups in total. The first-order valence-corrected chi connectivity index (χ1v) is 7.53. The van der Waals surface area contributed by atoms with Crippen molar-refractivity contribution in [3.63, 3.8) is 0 Å². The number of halogens is 3. The zero-order valence-electron chi connectivity index (χ0n) is 12.5. The second kappa shape index (κ2) is 5.19. The van der Waals surface area contributed by atoms with Crippen molar-refractivity contribution < 1.29 is 13.2 Å². The van der Waals surface area contributed by atoms with Crippen molar-refractivity contribution in [2.75, 3.05) is 0 Å². The van der Waals surface area contributed by atoms with Gasteiger partial charge in [0, 0.05) is 18.2 Å². The normalized spacial score (nSPS) is 17.9. The fourth-order valence-corrected chi connectivity index (χ4v) is 3.30. The summed E-state index contributed by atoms with van der Waals surface area (Å²) in [6, 6.07) is 3.37. The Morgan fingerprint density at radius 1 is 1.29 bits per heavy atom. The standard InChI is InChI=1S/C16H13F3N4O/c17-16(18,19)11-2-1-3-12-14(11)15(24)23(8-20-12)10-5-4-9-7-21-22-13(9)6-10/h1-3,7-8,10H,4-6H2,(H,21,22)/t10-/m0/s1. The Balaban J connectivity index is 1.86. The summed E-state index contributed by atoms with van der Waals surface area (Å²) in [6.07, 6.45) is 0.403. The third-order valence-corrected chi connectivity index (χ3v) is 4.51. The zero-order valence-corrected chi connectivity index (χ0v) is 12.5. The lowest BCUT2D eigenvalue weighted by Crippen LogP contribution is -2.30. The highest BCUT2D eigenvalue weighted by molar-refractivity contribution is 5.81. The molecule has 0 amide bonds. The molecule has 124 valence electrons. The van der Waals surface area contributed by atoms with Gasteiger partial charge in [0.25, 0.3) is 5.56 Å². The van der Waals surface area contributed by atoms with Gasteiger partial charge in [-0.1, -0.05) is 6.07 Å². The van der Waals surface area contributed by atoms with Crippen molar-refractivity contribution in [1.29, 1.82) is 0 Å². The van der Waals surface area contributed by atoms with Crippen molar-refractivity contribution in [3.05, 3.63) is 57.9 Å². The van der Waals surface area contributed by atoms with Gasteiger partial charge < -0.3 is 0 Å². The minimum atomic E-state index is -4.59. The summed E-state index contributed by atoms with van der Waals surface area (Å²) in [4.78, 5) is 16.8. The Morgan fingerprint density at radius 3 is 2.92 bits per heavy atom. The Labute approximate surface area is 134 Å². The van der Waals surface area contributed by atoms with Crippen LogP contribution in [0.4, 0.5) is 13.2 Å². The van der Waals surface area contributed by atoms with Crippen LogP contribution in [0.15, 0.2) is 35.5 Å². The smallest absolute Gasteiger partial charge is 0.295 e. The van der Waals surface area contributed by atoms with Crippen LogP contribution in [0.5, 0.6) is 0 Å². The summed E-state index contributed by atoms with van der Waals surface area (Å²) in [5.41, 5.74) is 0.473. The van der Waals surface area contributed by atoms with E-state index < -0.39 is 17.3 Å². The van der Waals surface area contributed by atoms with E-state index >= 15 is 0 Å². The molecule has 2 aromatic heterocycles. The molecule has 0 unspecified atom stereocenters. The highest BCUT2D eigenvalue weighted by atomic mass is 19.4. The summed E-state index contributed by atoms with van der Waals surface area (Å²) in [7, 11) is 0. The zero-order chi connectivity index (χ0) is 16.9. The monoisotopic (exact) mass is 334 g/mol. The molecular weight excluding hydrogens is 321 g/mol. The molecule has 0 fully saturated rings. The first-order chi connectivity index (χ1) is 11.4. The molecule has 5 nitrogen and oxygen atoms in total. The first-order valence-electron chi connectivity index (χ1n) is 7.53. The number of alkyl halides is 3. The number of rotatable bonds is 1. The van der Waals surface area contributed by atoms with Gasteiger partial charge in [0.15, 0.2) is 0 Å². The molecule has 0 bridgehead atoms. The lowest BCUT2D eigenvalue weighted by atomic mass is 9.93. The van der Waals surface area contributed by atoms with Crippen molar-refractivity contribution in [2.45, 2.75) is 31.5 Å². The van der Waals surface area contributed by atoms with Crippen molar-refractivity contribution in [1.82, 2.24) is 19.7 Å². The number of aryl methyl sites for hydroxylation is 1. The van der Waals surface area contributed by atoms with Crippen molar-refractivity contribution in [3.8, 4) is 0 Å². The summed E-state index contributed by atoms with van der Waals surface area (Å²) < 4.78 is 41.0. The summed E-state index contributed by atoms with van der Waals surface area (Å²) >= 11 is 0. The van der Waals surface area contributed by atoms with E-state index in [-0.39, 0.29) is 16.9 Å². The SMILES string of the molecule is O=c1c2c(C(F)(F)F)cccc2ncn1[C@H]1CCc2cn[nH]c2C1. The lowest BCUT2D eigenvalue weighted by Gasteiger charge is -2.24. The molecule has 3 aromatic rings. The third-order valence-electron chi connectivity index (χ3n) is 4.51. The van der Waals surface area contributed by atoms with Crippen molar-refractivity contribution >= 4 is 10.9 Å². The van der Waals surface area contributed by atoms with Crippen molar-refractivity contribution in [2.24, 2.45) is 0 Å². The van der Waals surface area contributed by atoms with Crippen LogP contribution in [0.2, 0.25) is 0 Å². The number of benzene rings is 1. The maximum absolute atomic E-state index is 13.2. The van der Waals surface area contributed by atoms with E-state index in [2.05, 4.69) is 15.2 Å². The molecular formula is C16H13F3N4O. The van der Waals surface area contributed by atoms with Gasteiger partial charge in [-0.05, 0) is 30.5 Å². The molecule has 1 aliphatic rings. The van der Waals surface area contributed by atoms with E-state index in [1.807, 2.05) is 0 Å². The van der Waals surface area contributed by atoms with Gasteiger partial charge in [0.05, 0.1) is 29.0 Å². The molecule has 0 radical (unpaired) electrons. The molecule has 1 aliphatic carbocycles. The maximum atomic E-state index is 13.2. The van der Waals surface area contributed by atoms with E-state index in [1.54, 1.807) is 6.20 Å². The quantitative estimate of drug-likeness (QED) is 0.744. The first kappa shape index (κ1) is 14.9. The Kier molecular flexibility index (Phi) is 3.22. The fourth-order valence-electron chi connectivity index (χ4n) is 3.30.